The number of nitrogens with two attached hydrogens (primary N) is 1. The standard InChI is InChI=1S/C11H11N3O3/c1-2-7-10(17-13-11(7)12)8-5-3-4-6-9(8)14(15)16/h3-6H,2H2,1H3,(H2,12,13). The summed E-state index contributed by atoms with van der Waals surface area (Å²) >= 11 is 0. The minimum absolute atomic E-state index is 0.0154. The molecule has 0 saturated heterocycles. The fourth-order valence-electron chi connectivity index (χ4n) is 1.70. The summed E-state index contributed by atoms with van der Waals surface area (Å²) in [4.78, 5) is 10.5. The van der Waals surface area contributed by atoms with Gasteiger partial charge in [0.2, 0.25) is 0 Å². The van der Waals surface area contributed by atoms with E-state index in [4.69, 9.17) is 10.3 Å². The Balaban J connectivity index is 2.64. The van der Waals surface area contributed by atoms with E-state index in [1.54, 1.807) is 18.2 Å². The summed E-state index contributed by atoms with van der Waals surface area (Å²) in [6, 6.07) is 6.36. The third-order valence-electron chi connectivity index (χ3n) is 2.52. The van der Waals surface area contributed by atoms with Crippen molar-refractivity contribution in [1.82, 2.24) is 5.16 Å². The fraction of sp³-hybridized carbons (Fsp3) is 0.182. The van der Waals surface area contributed by atoms with E-state index in [0.29, 0.717) is 23.3 Å². The molecule has 0 unspecified atom stereocenters. The second-order valence-electron chi connectivity index (χ2n) is 3.50. The zero-order valence-electron chi connectivity index (χ0n) is 9.21. The average molecular weight is 233 g/mol. The van der Waals surface area contributed by atoms with Gasteiger partial charge in [0.15, 0.2) is 11.6 Å². The van der Waals surface area contributed by atoms with Crippen LogP contribution in [-0.4, -0.2) is 10.1 Å². The van der Waals surface area contributed by atoms with Crippen LogP contribution in [0.4, 0.5) is 11.5 Å². The first-order valence-corrected chi connectivity index (χ1v) is 5.13. The van der Waals surface area contributed by atoms with Gasteiger partial charge < -0.3 is 10.3 Å². The maximum atomic E-state index is 10.9. The van der Waals surface area contributed by atoms with Gasteiger partial charge in [-0.25, -0.2) is 0 Å². The average Bonchev–Trinajstić information content (AvgIpc) is 2.70. The summed E-state index contributed by atoms with van der Waals surface area (Å²) in [5.74, 6) is 0.651. The Morgan fingerprint density at radius 2 is 2.18 bits per heavy atom. The fourth-order valence-corrected chi connectivity index (χ4v) is 1.70. The summed E-state index contributed by atoms with van der Waals surface area (Å²) in [5, 5.41) is 14.6. The Hall–Kier alpha value is -2.37. The van der Waals surface area contributed by atoms with Gasteiger partial charge in [0.25, 0.3) is 5.69 Å². The zero-order valence-corrected chi connectivity index (χ0v) is 9.21. The lowest BCUT2D eigenvalue weighted by molar-refractivity contribution is -0.384. The van der Waals surface area contributed by atoms with E-state index >= 15 is 0 Å². The number of nitro groups is 1. The van der Waals surface area contributed by atoms with Gasteiger partial charge in [-0.15, -0.1) is 0 Å². The van der Waals surface area contributed by atoms with Crippen LogP contribution in [0.1, 0.15) is 12.5 Å². The summed E-state index contributed by atoms with van der Waals surface area (Å²) < 4.78 is 5.08. The summed E-state index contributed by atoms with van der Waals surface area (Å²) in [7, 11) is 0. The maximum absolute atomic E-state index is 10.9. The summed E-state index contributed by atoms with van der Waals surface area (Å²) in [5.41, 5.74) is 6.72. The predicted octanol–water partition coefficient (Wildman–Crippen LogP) is 2.39. The van der Waals surface area contributed by atoms with Crippen LogP contribution in [0.25, 0.3) is 11.3 Å². The molecule has 1 heterocycles. The number of benzene rings is 1. The number of para-hydroxylation sites is 1. The van der Waals surface area contributed by atoms with E-state index in [2.05, 4.69) is 5.16 Å². The third kappa shape index (κ3) is 1.84. The van der Waals surface area contributed by atoms with Gasteiger partial charge >= 0.3 is 0 Å². The zero-order chi connectivity index (χ0) is 12.4. The topological polar surface area (TPSA) is 95.2 Å². The van der Waals surface area contributed by atoms with Gasteiger partial charge in [0, 0.05) is 11.6 Å². The molecule has 1 aromatic heterocycles. The molecular formula is C11H11N3O3. The normalized spacial score (nSPS) is 10.4. The van der Waals surface area contributed by atoms with Crippen molar-refractivity contribution in [3.05, 3.63) is 39.9 Å². The van der Waals surface area contributed by atoms with Crippen LogP contribution in [0.5, 0.6) is 0 Å². The minimum atomic E-state index is -0.451. The molecule has 0 bridgehead atoms. The number of rotatable bonds is 3. The van der Waals surface area contributed by atoms with Crippen molar-refractivity contribution in [3.63, 3.8) is 0 Å². The van der Waals surface area contributed by atoms with Crippen molar-refractivity contribution in [2.75, 3.05) is 5.73 Å². The molecular weight excluding hydrogens is 222 g/mol. The lowest BCUT2D eigenvalue weighted by Crippen LogP contribution is -1.94. The molecule has 2 aromatic rings. The first-order chi connectivity index (χ1) is 8.15. The van der Waals surface area contributed by atoms with Gasteiger partial charge in [0.1, 0.15) is 0 Å². The molecule has 0 aliphatic heterocycles. The van der Waals surface area contributed by atoms with E-state index in [0.717, 1.165) is 0 Å². The second-order valence-corrected chi connectivity index (χ2v) is 3.50. The van der Waals surface area contributed by atoms with E-state index in [9.17, 15) is 10.1 Å². The van der Waals surface area contributed by atoms with Gasteiger partial charge in [-0.2, -0.15) is 0 Å². The van der Waals surface area contributed by atoms with Gasteiger partial charge in [-0.3, -0.25) is 10.1 Å². The SMILES string of the molecule is CCc1c(N)noc1-c1ccccc1[N+](=O)[O-]. The second kappa shape index (κ2) is 4.25. The monoisotopic (exact) mass is 233 g/mol. The van der Waals surface area contributed by atoms with E-state index in [-0.39, 0.29) is 11.5 Å². The van der Waals surface area contributed by atoms with Crippen molar-refractivity contribution >= 4 is 11.5 Å². The molecule has 0 spiro atoms. The Morgan fingerprint density at radius 3 is 2.82 bits per heavy atom. The number of nitrogens with zero attached hydrogens (tertiary/aromatic N) is 2. The number of hydrogen-bond acceptors (Lipinski definition) is 5. The van der Waals surface area contributed by atoms with Crippen LogP contribution >= 0.6 is 0 Å². The first-order valence-electron chi connectivity index (χ1n) is 5.13. The molecule has 1 aromatic carbocycles. The highest BCUT2D eigenvalue weighted by Gasteiger charge is 2.22. The third-order valence-corrected chi connectivity index (χ3v) is 2.52. The first kappa shape index (κ1) is 11.1. The van der Waals surface area contributed by atoms with Crippen molar-refractivity contribution in [1.29, 1.82) is 0 Å². The molecule has 0 radical (unpaired) electrons. The van der Waals surface area contributed by atoms with E-state index < -0.39 is 4.92 Å². The smallest absolute Gasteiger partial charge is 0.280 e. The molecule has 17 heavy (non-hydrogen) atoms. The molecule has 0 aliphatic rings. The Labute approximate surface area is 97.2 Å². The van der Waals surface area contributed by atoms with Crippen molar-refractivity contribution in [2.24, 2.45) is 0 Å². The number of nitro benzene ring substituents is 1. The quantitative estimate of drug-likeness (QED) is 0.648. The maximum Gasteiger partial charge on any atom is 0.280 e. The van der Waals surface area contributed by atoms with Crippen molar-refractivity contribution in [2.45, 2.75) is 13.3 Å². The van der Waals surface area contributed by atoms with E-state index in [1.165, 1.54) is 6.07 Å². The molecule has 0 saturated carbocycles. The lowest BCUT2D eigenvalue weighted by atomic mass is 10.1. The summed E-state index contributed by atoms with van der Waals surface area (Å²) in [6.07, 6.45) is 0.608. The van der Waals surface area contributed by atoms with Gasteiger partial charge in [-0.1, -0.05) is 24.2 Å². The minimum Gasteiger partial charge on any atom is -0.381 e. The highest BCUT2D eigenvalue weighted by Crippen LogP contribution is 2.34. The Bertz CT molecular complexity index is 563. The van der Waals surface area contributed by atoms with E-state index in [1.807, 2.05) is 6.92 Å². The van der Waals surface area contributed by atoms with Gasteiger partial charge in [-0.05, 0) is 12.5 Å². The molecule has 0 atom stereocenters. The highest BCUT2D eigenvalue weighted by atomic mass is 16.6. The van der Waals surface area contributed by atoms with Crippen LogP contribution in [0.15, 0.2) is 28.8 Å². The van der Waals surface area contributed by atoms with Crippen LogP contribution < -0.4 is 5.73 Å². The molecule has 0 amide bonds. The molecule has 6 heteroatoms. The largest absolute Gasteiger partial charge is 0.381 e. The molecule has 2 rings (SSSR count). The predicted molar refractivity (Wildman–Crippen MR) is 62.4 cm³/mol. The Morgan fingerprint density at radius 1 is 1.47 bits per heavy atom. The van der Waals surface area contributed by atoms with Crippen LogP contribution in [0.3, 0.4) is 0 Å². The summed E-state index contributed by atoms with van der Waals surface area (Å²) in [6.45, 7) is 1.89. The van der Waals surface area contributed by atoms with Gasteiger partial charge in [0.05, 0.1) is 10.5 Å². The number of nitrogen functional groups attached to an aromatic ring is 1. The van der Waals surface area contributed by atoms with Crippen LogP contribution in [-0.2, 0) is 6.42 Å². The Kier molecular flexibility index (Phi) is 2.78. The molecule has 0 aliphatic carbocycles. The molecule has 2 N–H and O–H groups in total. The lowest BCUT2D eigenvalue weighted by Gasteiger charge is -2.00. The number of hydrogen-bond donors (Lipinski definition) is 1. The van der Waals surface area contributed by atoms with Crippen molar-refractivity contribution in [3.8, 4) is 11.3 Å². The van der Waals surface area contributed by atoms with Crippen molar-refractivity contribution < 1.29 is 9.45 Å². The molecule has 6 nitrogen and oxygen atoms in total. The van der Waals surface area contributed by atoms with Crippen LogP contribution in [0.2, 0.25) is 0 Å². The highest BCUT2D eigenvalue weighted by molar-refractivity contribution is 5.74. The molecule has 88 valence electrons. The number of aromatic nitrogens is 1. The molecule has 0 fully saturated rings. The van der Waals surface area contributed by atoms with Crippen LogP contribution in [0, 0.1) is 10.1 Å². The number of anilines is 1.